The van der Waals surface area contributed by atoms with Crippen LogP contribution < -0.4 is 0 Å². The van der Waals surface area contributed by atoms with Crippen molar-refractivity contribution >= 4 is 15.9 Å². The van der Waals surface area contributed by atoms with Gasteiger partial charge in [-0.25, -0.2) is 0 Å². The average molecular weight is 312 g/mol. The van der Waals surface area contributed by atoms with Crippen LogP contribution >= 0.6 is 15.9 Å². The second-order valence-electron chi connectivity index (χ2n) is 5.12. The summed E-state index contributed by atoms with van der Waals surface area (Å²) in [6.07, 6.45) is 4.35. The smallest absolute Gasteiger partial charge is 0.0544 e. The Morgan fingerprint density at radius 3 is 2.89 bits per heavy atom. The van der Waals surface area contributed by atoms with E-state index >= 15 is 0 Å². The van der Waals surface area contributed by atoms with Gasteiger partial charge in [0.2, 0.25) is 0 Å². The van der Waals surface area contributed by atoms with Crippen LogP contribution in [0.1, 0.15) is 25.5 Å². The van der Waals surface area contributed by atoms with Crippen LogP contribution in [-0.4, -0.2) is 47.5 Å². The van der Waals surface area contributed by atoms with Gasteiger partial charge >= 0.3 is 0 Å². The van der Waals surface area contributed by atoms with Crippen molar-refractivity contribution in [3.8, 4) is 0 Å². The summed E-state index contributed by atoms with van der Waals surface area (Å²) in [5.41, 5.74) is 1.17. The first-order chi connectivity index (χ1) is 8.69. The fourth-order valence-corrected chi connectivity index (χ4v) is 2.83. The van der Waals surface area contributed by atoms with Gasteiger partial charge in [-0.2, -0.15) is 0 Å². The minimum absolute atomic E-state index is 0.656. The number of pyridine rings is 1. The maximum absolute atomic E-state index is 4.49. The van der Waals surface area contributed by atoms with Gasteiger partial charge in [-0.3, -0.25) is 9.88 Å². The highest BCUT2D eigenvalue weighted by Gasteiger charge is 2.22. The number of aromatic nitrogens is 1. The van der Waals surface area contributed by atoms with Crippen molar-refractivity contribution in [1.29, 1.82) is 0 Å². The van der Waals surface area contributed by atoms with Gasteiger partial charge in [-0.05, 0) is 54.5 Å². The Morgan fingerprint density at radius 1 is 1.39 bits per heavy atom. The Labute approximate surface area is 118 Å². The third kappa shape index (κ3) is 3.77. The monoisotopic (exact) mass is 311 g/mol. The largest absolute Gasteiger partial charge is 0.305 e. The van der Waals surface area contributed by atoms with Crippen LogP contribution in [0.25, 0.3) is 0 Å². The third-order valence-corrected chi connectivity index (χ3v) is 4.12. The number of hydrogen-bond donors (Lipinski definition) is 0. The molecule has 1 aromatic rings. The minimum atomic E-state index is 0.656. The van der Waals surface area contributed by atoms with Gasteiger partial charge in [0.05, 0.1) is 5.69 Å². The first-order valence-corrected chi connectivity index (χ1v) is 7.51. The Morgan fingerprint density at radius 2 is 2.22 bits per heavy atom. The van der Waals surface area contributed by atoms with Crippen LogP contribution in [0.15, 0.2) is 22.8 Å². The highest BCUT2D eigenvalue weighted by molar-refractivity contribution is 9.10. The van der Waals surface area contributed by atoms with Gasteiger partial charge in [0.25, 0.3) is 0 Å². The maximum Gasteiger partial charge on any atom is 0.0544 e. The van der Waals surface area contributed by atoms with Gasteiger partial charge in [-0.1, -0.05) is 6.92 Å². The van der Waals surface area contributed by atoms with E-state index in [4.69, 9.17) is 0 Å². The maximum atomic E-state index is 4.49. The molecule has 4 heteroatoms. The first-order valence-electron chi connectivity index (χ1n) is 6.72. The van der Waals surface area contributed by atoms with Gasteiger partial charge < -0.3 is 4.90 Å². The lowest BCUT2D eigenvalue weighted by atomic mass is 10.1. The predicted molar refractivity (Wildman–Crippen MR) is 78.5 cm³/mol. The molecule has 0 spiro atoms. The van der Waals surface area contributed by atoms with Crippen molar-refractivity contribution in [1.82, 2.24) is 14.8 Å². The zero-order chi connectivity index (χ0) is 13.0. The third-order valence-electron chi connectivity index (χ3n) is 3.65. The van der Waals surface area contributed by atoms with Crippen molar-refractivity contribution in [2.45, 2.75) is 32.4 Å². The summed E-state index contributed by atoms with van der Waals surface area (Å²) in [4.78, 5) is 9.52. The molecular weight excluding hydrogens is 290 g/mol. The van der Waals surface area contributed by atoms with Crippen molar-refractivity contribution in [3.05, 3.63) is 28.5 Å². The summed E-state index contributed by atoms with van der Waals surface area (Å²) in [5, 5.41) is 0. The molecule has 0 radical (unpaired) electrons. The number of likely N-dealkylation sites (N-methyl/N-ethyl adjacent to an activating group) is 1. The van der Waals surface area contributed by atoms with E-state index in [0.29, 0.717) is 6.04 Å². The molecule has 1 aliphatic rings. The highest BCUT2D eigenvalue weighted by atomic mass is 79.9. The molecule has 2 rings (SSSR count). The molecule has 0 saturated carbocycles. The molecule has 0 amide bonds. The van der Waals surface area contributed by atoms with Crippen LogP contribution in [0, 0.1) is 0 Å². The summed E-state index contributed by atoms with van der Waals surface area (Å²) in [5.74, 6) is 0. The quantitative estimate of drug-likeness (QED) is 0.855. The molecule has 3 nitrogen and oxygen atoms in total. The molecule has 1 aromatic heterocycles. The molecule has 1 unspecified atom stereocenters. The van der Waals surface area contributed by atoms with Crippen molar-refractivity contribution in [2.75, 3.05) is 26.7 Å². The number of nitrogens with zero attached hydrogens (tertiary/aromatic N) is 3. The lowest BCUT2D eigenvalue weighted by Gasteiger charge is -2.29. The Balaban J connectivity index is 2.03. The highest BCUT2D eigenvalue weighted by Crippen LogP contribution is 2.16. The van der Waals surface area contributed by atoms with E-state index in [0.717, 1.165) is 11.0 Å². The zero-order valence-electron chi connectivity index (χ0n) is 11.3. The number of rotatable bonds is 3. The van der Waals surface area contributed by atoms with Crippen molar-refractivity contribution in [2.24, 2.45) is 0 Å². The number of hydrogen-bond acceptors (Lipinski definition) is 3. The van der Waals surface area contributed by atoms with Gasteiger partial charge in [-0.15, -0.1) is 0 Å². The van der Waals surface area contributed by atoms with Gasteiger partial charge in [0, 0.05) is 36.3 Å². The SMILES string of the molecule is CCC1CN(C)CCCN1Cc1ccc(Br)cn1. The molecule has 2 heterocycles. The van der Waals surface area contributed by atoms with Gasteiger partial charge in [0.1, 0.15) is 0 Å². The van der Waals surface area contributed by atoms with E-state index in [2.05, 4.69) is 56.8 Å². The summed E-state index contributed by atoms with van der Waals surface area (Å²) in [6.45, 7) is 6.82. The summed E-state index contributed by atoms with van der Waals surface area (Å²) in [7, 11) is 2.23. The molecule has 0 aliphatic carbocycles. The molecule has 0 N–H and O–H groups in total. The lowest BCUT2D eigenvalue weighted by Crippen LogP contribution is -2.39. The topological polar surface area (TPSA) is 19.4 Å². The van der Waals surface area contributed by atoms with Crippen LogP contribution in [-0.2, 0) is 6.54 Å². The summed E-state index contributed by atoms with van der Waals surface area (Å²) < 4.78 is 1.05. The van der Waals surface area contributed by atoms with E-state index in [1.165, 1.54) is 38.2 Å². The van der Waals surface area contributed by atoms with Crippen LogP contribution in [0.5, 0.6) is 0 Å². The molecular formula is C14H22BrN3. The Hall–Kier alpha value is -0.450. The molecule has 0 bridgehead atoms. The average Bonchev–Trinajstić information content (AvgIpc) is 2.54. The van der Waals surface area contributed by atoms with E-state index < -0.39 is 0 Å². The fraction of sp³-hybridized carbons (Fsp3) is 0.643. The molecule has 1 fully saturated rings. The molecule has 1 saturated heterocycles. The van der Waals surface area contributed by atoms with E-state index in [1.54, 1.807) is 0 Å². The van der Waals surface area contributed by atoms with E-state index in [9.17, 15) is 0 Å². The van der Waals surface area contributed by atoms with Gasteiger partial charge in [0.15, 0.2) is 0 Å². The first kappa shape index (κ1) is 14.0. The van der Waals surface area contributed by atoms with Crippen LogP contribution in [0.4, 0.5) is 0 Å². The molecule has 1 aliphatic heterocycles. The minimum Gasteiger partial charge on any atom is -0.305 e. The molecule has 18 heavy (non-hydrogen) atoms. The van der Waals surface area contributed by atoms with E-state index in [1.807, 2.05) is 6.20 Å². The Bertz CT molecular complexity index is 366. The lowest BCUT2D eigenvalue weighted by molar-refractivity contribution is 0.174. The van der Waals surface area contributed by atoms with Crippen molar-refractivity contribution in [3.63, 3.8) is 0 Å². The zero-order valence-corrected chi connectivity index (χ0v) is 12.9. The second-order valence-corrected chi connectivity index (χ2v) is 6.03. The summed E-state index contributed by atoms with van der Waals surface area (Å²) >= 11 is 3.43. The van der Waals surface area contributed by atoms with E-state index in [-0.39, 0.29) is 0 Å². The Kier molecular flexibility index (Phi) is 5.15. The van der Waals surface area contributed by atoms with Crippen molar-refractivity contribution < 1.29 is 0 Å². The molecule has 1 atom stereocenters. The normalized spacial score (nSPS) is 22.9. The predicted octanol–water partition coefficient (Wildman–Crippen LogP) is 2.76. The number of halogens is 1. The molecule has 0 aromatic carbocycles. The second kappa shape index (κ2) is 6.64. The standard InChI is InChI=1S/C14H22BrN3/c1-3-14-11-17(2)7-4-8-18(14)10-13-6-5-12(15)9-16-13/h5-6,9,14H,3-4,7-8,10-11H2,1-2H3. The molecule has 100 valence electrons. The fourth-order valence-electron chi connectivity index (χ4n) is 2.60. The summed E-state index contributed by atoms with van der Waals surface area (Å²) in [6, 6.07) is 4.85. The van der Waals surface area contributed by atoms with Crippen LogP contribution in [0.3, 0.4) is 0 Å². The van der Waals surface area contributed by atoms with Crippen LogP contribution in [0.2, 0.25) is 0 Å².